The summed E-state index contributed by atoms with van der Waals surface area (Å²) in [6, 6.07) is 0. The van der Waals surface area contributed by atoms with Gasteiger partial charge in [-0.1, -0.05) is 0 Å². The van der Waals surface area contributed by atoms with E-state index in [0.29, 0.717) is 0 Å². The van der Waals surface area contributed by atoms with E-state index in [0.717, 1.165) is 13.1 Å². The van der Waals surface area contributed by atoms with E-state index in [-0.39, 0.29) is 0 Å². The molecule has 3 N–H and O–H groups in total. The van der Waals surface area contributed by atoms with Crippen LogP contribution in [0.15, 0.2) is 0 Å². The standard InChI is InChI=1S/C2H7N2.2CH3.Ta/c3-1-2-4;;;/h3H,1-2,4H2;2*1H3;/q-1;;;+1. The summed E-state index contributed by atoms with van der Waals surface area (Å²) in [6.07, 6.45) is 0. The van der Waals surface area contributed by atoms with Gasteiger partial charge in [0.05, 0.1) is 0 Å². The van der Waals surface area contributed by atoms with Crippen molar-refractivity contribution < 1.29 is 18.7 Å². The molecule has 7 heavy (non-hydrogen) atoms. The summed E-state index contributed by atoms with van der Waals surface area (Å²) in [5.74, 6) is 0. The predicted octanol–water partition coefficient (Wildman–Crippen LogP) is 0.164. The molecule has 0 unspecified atom stereocenters. The fraction of sp³-hybridized carbons (Fsp3) is 1.00. The van der Waals surface area contributed by atoms with E-state index in [4.69, 9.17) is 5.73 Å². The third-order valence-electron chi connectivity index (χ3n) is 0.572. The summed E-state index contributed by atoms with van der Waals surface area (Å²) in [7, 11) is 0. The van der Waals surface area contributed by atoms with Gasteiger partial charge in [-0.2, -0.15) is 0 Å². The molecule has 0 atom stereocenters. The van der Waals surface area contributed by atoms with Crippen molar-refractivity contribution in [2.45, 2.75) is 10.3 Å². The van der Waals surface area contributed by atoms with Crippen LogP contribution in [-0.4, -0.2) is 13.1 Å². The van der Waals surface area contributed by atoms with Gasteiger partial charge < -0.3 is 0 Å². The van der Waals surface area contributed by atoms with Crippen molar-refractivity contribution in [2.75, 3.05) is 13.1 Å². The van der Waals surface area contributed by atoms with Crippen molar-refractivity contribution in [3.05, 3.63) is 0 Å². The number of rotatable bonds is 3. The van der Waals surface area contributed by atoms with Crippen LogP contribution in [0.25, 0.3) is 0 Å². The Morgan fingerprint density at radius 3 is 2.29 bits per heavy atom. The van der Waals surface area contributed by atoms with Gasteiger partial charge in [0.15, 0.2) is 0 Å². The van der Waals surface area contributed by atoms with E-state index in [2.05, 4.69) is 14.0 Å². The topological polar surface area (TPSA) is 38.0 Å². The van der Waals surface area contributed by atoms with Gasteiger partial charge in [-0.3, -0.25) is 0 Å². The molecule has 2 nitrogen and oxygen atoms in total. The molecule has 0 aliphatic carbocycles. The molecular formula is C4H13N2Ta. The maximum atomic E-state index is 5.25. The van der Waals surface area contributed by atoms with Gasteiger partial charge in [-0.15, -0.1) is 0 Å². The number of nitrogens with one attached hydrogen (secondary N) is 1. The number of hydrogen-bond acceptors (Lipinski definition) is 2. The van der Waals surface area contributed by atoms with E-state index in [1.807, 2.05) is 0 Å². The van der Waals surface area contributed by atoms with Gasteiger partial charge in [0.25, 0.3) is 0 Å². The van der Waals surface area contributed by atoms with Crippen LogP contribution in [0.1, 0.15) is 0 Å². The van der Waals surface area contributed by atoms with Crippen LogP contribution in [0.2, 0.25) is 10.3 Å². The van der Waals surface area contributed by atoms with Crippen molar-refractivity contribution in [1.82, 2.24) is 3.72 Å². The van der Waals surface area contributed by atoms with Crippen LogP contribution >= 0.6 is 0 Å². The minimum atomic E-state index is -1.03. The SMILES string of the molecule is [CH3][Ta]([CH3])[NH]CCN. The Morgan fingerprint density at radius 2 is 2.14 bits per heavy atom. The molecule has 0 saturated carbocycles. The molecule has 44 valence electrons. The molecule has 0 heterocycles. The summed E-state index contributed by atoms with van der Waals surface area (Å²) in [4.78, 5) is 0. The molecule has 0 saturated heterocycles. The van der Waals surface area contributed by atoms with Crippen LogP contribution in [0, 0.1) is 0 Å². The fourth-order valence-corrected chi connectivity index (χ4v) is 2.36. The van der Waals surface area contributed by atoms with Gasteiger partial charge in [0.1, 0.15) is 0 Å². The third-order valence-corrected chi connectivity index (χ3v) is 3.65. The minimum absolute atomic E-state index is 0.785. The van der Waals surface area contributed by atoms with E-state index in [1.165, 1.54) is 0 Å². The average Bonchev–Trinajstić information content (AvgIpc) is 1.61. The van der Waals surface area contributed by atoms with Crippen LogP contribution in [0.3, 0.4) is 0 Å². The van der Waals surface area contributed by atoms with E-state index in [1.54, 1.807) is 0 Å². The summed E-state index contributed by atoms with van der Waals surface area (Å²) < 4.78 is 3.37. The zero-order valence-corrected chi connectivity index (χ0v) is 8.15. The van der Waals surface area contributed by atoms with Crippen molar-refractivity contribution in [3.63, 3.8) is 0 Å². The first-order valence-corrected chi connectivity index (χ1v) is 10.4. The summed E-state index contributed by atoms with van der Waals surface area (Å²) in [5.41, 5.74) is 5.25. The molecule has 3 heteroatoms. The molecule has 0 aromatic heterocycles. The Bertz CT molecular complexity index is 38.7. The first kappa shape index (κ1) is 7.66. The van der Waals surface area contributed by atoms with Crippen LogP contribution < -0.4 is 9.45 Å². The van der Waals surface area contributed by atoms with Crippen molar-refractivity contribution in [2.24, 2.45) is 5.73 Å². The third kappa shape index (κ3) is 6.66. The molecular weight excluding hydrogens is 257 g/mol. The Balaban J connectivity index is 2.68. The monoisotopic (exact) mass is 270 g/mol. The van der Waals surface area contributed by atoms with Gasteiger partial charge in [-0.05, 0) is 0 Å². The van der Waals surface area contributed by atoms with Crippen molar-refractivity contribution in [1.29, 1.82) is 0 Å². The zero-order chi connectivity index (χ0) is 5.70. The van der Waals surface area contributed by atoms with E-state index < -0.39 is 18.7 Å². The van der Waals surface area contributed by atoms with Crippen LogP contribution in [0.4, 0.5) is 0 Å². The van der Waals surface area contributed by atoms with Gasteiger partial charge in [0, 0.05) is 0 Å². The summed E-state index contributed by atoms with van der Waals surface area (Å²) in [5, 5.41) is 4.62. The summed E-state index contributed by atoms with van der Waals surface area (Å²) >= 11 is -1.03. The zero-order valence-electron chi connectivity index (χ0n) is 4.94. The molecule has 0 aliphatic rings. The molecule has 0 radical (unpaired) electrons. The molecule has 0 aromatic carbocycles. The Kier molecular flexibility index (Phi) is 5.26. The fourth-order valence-electron chi connectivity index (χ4n) is 0.288. The quantitative estimate of drug-likeness (QED) is 0.767. The number of nitrogens with two attached hydrogens (primary N) is 1. The van der Waals surface area contributed by atoms with Gasteiger partial charge >= 0.3 is 51.5 Å². The van der Waals surface area contributed by atoms with Crippen LogP contribution in [-0.2, 0) is 18.7 Å². The van der Waals surface area contributed by atoms with Gasteiger partial charge in [-0.25, -0.2) is 0 Å². The first-order valence-electron chi connectivity index (χ1n) is 2.38. The number of hydrogen-bond donors (Lipinski definition) is 2. The molecule has 0 amide bonds. The maximum absolute atomic E-state index is 5.25. The molecule has 0 aromatic rings. The predicted molar refractivity (Wildman–Crippen MR) is 28.8 cm³/mol. The van der Waals surface area contributed by atoms with Gasteiger partial charge in [0.2, 0.25) is 0 Å². The molecule has 0 rings (SSSR count). The molecule has 0 spiro atoms. The second-order valence-corrected chi connectivity index (χ2v) is 9.15. The average molecular weight is 270 g/mol. The van der Waals surface area contributed by atoms with E-state index in [9.17, 15) is 0 Å². The molecule has 0 bridgehead atoms. The Hall–Kier alpha value is 0.660. The normalized spacial score (nSPS) is 10.3. The Labute approximate surface area is 51.9 Å². The molecule has 0 fully saturated rings. The second kappa shape index (κ2) is 4.81. The first-order chi connectivity index (χ1) is 3.27. The van der Waals surface area contributed by atoms with Crippen LogP contribution in [0.5, 0.6) is 0 Å². The summed E-state index contributed by atoms with van der Waals surface area (Å²) in [6.45, 7) is 1.80. The Morgan fingerprint density at radius 1 is 1.57 bits per heavy atom. The molecule has 0 aliphatic heterocycles. The van der Waals surface area contributed by atoms with E-state index >= 15 is 0 Å². The second-order valence-electron chi connectivity index (χ2n) is 1.59. The van der Waals surface area contributed by atoms with Crippen molar-refractivity contribution in [3.8, 4) is 0 Å². The van der Waals surface area contributed by atoms with Crippen molar-refractivity contribution >= 4 is 0 Å².